The van der Waals surface area contributed by atoms with Gasteiger partial charge in [-0.3, -0.25) is 15.1 Å². The molecular formula is C27H37N5O3. The first-order valence-electron chi connectivity index (χ1n) is 12.7. The molecule has 3 heterocycles. The minimum absolute atomic E-state index is 0.290. The van der Waals surface area contributed by atoms with Crippen LogP contribution >= 0.6 is 0 Å². The molecule has 0 amide bonds. The number of aromatic nitrogens is 1. The number of morpholine rings is 1. The second kappa shape index (κ2) is 13.2. The second-order valence-corrected chi connectivity index (χ2v) is 9.26. The number of carbonyl (C=O) groups is 1. The van der Waals surface area contributed by atoms with Crippen LogP contribution in [0.25, 0.3) is 0 Å². The third-order valence-electron chi connectivity index (χ3n) is 6.30. The number of nitrogens with one attached hydrogen (secondary N) is 1. The van der Waals surface area contributed by atoms with Gasteiger partial charge in [0.05, 0.1) is 32.6 Å². The molecule has 0 spiro atoms. The number of anilines is 2. The van der Waals surface area contributed by atoms with Gasteiger partial charge in [0.1, 0.15) is 5.78 Å². The van der Waals surface area contributed by atoms with Gasteiger partial charge < -0.3 is 14.4 Å². The number of hydrogen-bond donors (Lipinski definition) is 1. The number of ketones is 1. The summed E-state index contributed by atoms with van der Waals surface area (Å²) in [4.78, 5) is 21.5. The topological polar surface area (TPSA) is 79.3 Å². The molecule has 1 N–H and O–H groups in total. The lowest BCUT2D eigenvalue weighted by molar-refractivity contribution is -0.120. The Kier molecular flexibility index (Phi) is 9.48. The maximum atomic E-state index is 12.3. The highest BCUT2D eigenvalue weighted by atomic mass is 16.5. The summed E-state index contributed by atoms with van der Waals surface area (Å²) in [6, 6.07) is 12.1. The number of Topliss-reactive ketones (excluding diaryl/α,β-unsaturated/α-hetero) is 1. The van der Waals surface area contributed by atoms with E-state index in [4.69, 9.17) is 9.47 Å². The fourth-order valence-electron chi connectivity index (χ4n) is 4.44. The molecule has 0 aliphatic carbocycles. The highest BCUT2D eigenvalue weighted by molar-refractivity contribution is 5.80. The summed E-state index contributed by atoms with van der Waals surface area (Å²) in [5.74, 6) is 1.44. The summed E-state index contributed by atoms with van der Waals surface area (Å²) in [6.45, 7) is 8.21. The van der Waals surface area contributed by atoms with E-state index in [0.29, 0.717) is 56.7 Å². The Morgan fingerprint density at radius 1 is 1.14 bits per heavy atom. The average molecular weight is 480 g/mol. The maximum Gasteiger partial charge on any atom is 0.217 e. The molecular weight excluding hydrogens is 442 g/mol. The number of likely N-dealkylation sites (tertiary alicyclic amines) is 1. The van der Waals surface area contributed by atoms with Gasteiger partial charge in [-0.15, -0.1) is 0 Å². The highest BCUT2D eigenvalue weighted by Gasteiger charge is 2.15. The van der Waals surface area contributed by atoms with Crippen molar-refractivity contribution in [1.29, 1.82) is 0 Å². The monoisotopic (exact) mass is 479 g/mol. The first-order valence-corrected chi connectivity index (χ1v) is 12.7. The molecule has 0 unspecified atom stereocenters. The zero-order valence-electron chi connectivity index (χ0n) is 20.7. The van der Waals surface area contributed by atoms with E-state index in [1.807, 2.05) is 24.3 Å². The Hall–Kier alpha value is -2.97. The van der Waals surface area contributed by atoms with Crippen LogP contribution in [-0.4, -0.2) is 74.4 Å². The smallest absolute Gasteiger partial charge is 0.217 e. The van der Waals surface area contributed by atoms with Gasteiger partial charge in [0, 0.05) is 37.3 Å². The Morgan fingerprint density at radius 2 is 1.97 bits per heavy atom. The van der Waals surface area contributed by atoms with Crippen molar-refractivity contribution in [1.82, 2.24) is 9.88 Å². The van der Waals surface area contributed by atoms with E-state index in [2.05, 4.69) is 44.4 Å². The molecule has 0 bridgehead atoms. The predicted molar refractivity (Wildman–Crippen MR) is 140 cm³/mol. The molecule has 2 aromatic rings. The molecule has 188 valence electrons. The molecule has 2 aliphatic rings. The van der Waals surface area contributed by atoms with Gasteiger partial charge in [0.2, 0.25) is 5.88 Å². The zero-order chi connectivity index (χ0) is 24.3. The lowest BCUT2D eigenvalue weighted by Gasteiger charge is -2.29. The molecule has 2 fully saturated rings. The summed E-state index contributed by atoms with van der Waals surface area (Å²) in [5.41, 5.74) is 6.28. The lowest BCUT2D eigenvalue weighted by atomic mass is 10.1. The van der Waals surface area contributed by atoms with Crippen molar-refractivity contribution < 1.29 is 14.3 Å². The van der Waals surface area contributed by atoms with Gasteiger partial charge in [0.15, 0.2) is 5.82 Å². The number of hydrazone groups is 1. The van der Waals surface area contributed by atoms with Crippen LogP contribution < -0.4 is 15.1 Å². The van der Waals surface area contributed by atoms with Crippen LogP contribution in [0.2, 0.25) is 0 Å². The molecule has 0 radical (unpaired) electrons. The van der Waals surface area contributed by atoms with E-state index in [1.165, 1.54) is 24.8 Å². The number of piperidine rings is 1. The van der Waals surface area contributed by atoms with Crippen molar-refractivity contribution in [3.8, 4) is 5.88 Å². The fourth-order valence-corrected chi connectivity index (χ4v) is 4.44. The Labute approximate surface area is 208 Å². The number of aryl methyl sites for hydroxylation is 1. The van der Waals surface area contributed by atoms with E-state index in [1.54, 1.807) is 6.21 Å². The van der Waals surface area contributed by atoms with E-state index < -0.39 is 0 Å². The zero-order valence-corrected chi connectivity index (χ0v) is 20.7. The average Bonchev–Trinajstić information content (AvgIpc) is 2.88. The number of ether oxygens (including phenoxy) is 2. The summed E-state index contributed by atoms with van der Waals surface area (Å²) >= 11 is 0. The molecule has 0 atom stereocenters. The molecule has 1 aromatic heterocycles. The van der Waals surface area contributed by atoms with Gasteiger partial charge >= 0.3 is 0 Å². The van der Waals surface area contributed by atoms with Crippen LogP contribution in [-0.2, 0) is 9.53 Å². The molecule has 2 saturated heterocycles. The minimum atomic E-state index is 0.290. The molecule has 35 heavy (non-hydrogen) atoms. The standard InChI is InChI=1S/C27H37N5O3/c1-22-7-5-8-23(17-22)20-28-30-26-18-24(32-12-15-34-16-13-32)19-27(29-26)35-14-6-9-25(33)21-31-10-3-2-4-11-31/h5,7-8,17-20H,2-4,6,9-16,21H2,1H3,(H,29,30)/b28-20+. The van der Waals surface area contributed by atoms with Crippen LogP contribution in [0.5, 0.6) is 5.88 Å². The van der Waals surface area contributed by atoms with Crippen molar-refractivity contribution in [2.75, 3.05) is 62.9 Å². The SMILES string of the molecule is Cc1cccc(/C=N/Nc2cc(N3CCOCC3)cc(OCCCC(=O)CN3CCCCC3)n2)c1. The lowest BCUT2D eigenvalue weighted by Crippen LogP contribution is -2.36. The van der Waals surface area contributed by atoms with Crippen LogP contribution in [0.15, 0.2) is 41.5 Å². The van der Waals surface area contributed by atoms with E-state index >= 15 is 0 Å². The molecule has 2 aliphatic heterocycles. The Balaban J connectivity index is 1.33. The number of benzene rings is 1. The molecule has 8 heteroatoms. The number of rotatable bonds is 11. The van der Waals surface area contributed by atoms with Crippen molar-refractivity contribution in [3.05, 3.63) is 47.5 Å². The van der Waals surface area contributed by atoms with Crippen LogP contribution in [0.3, 0.4) is 0 Å². The maximum absolute atomic E-state index is 12.3. The Bertz CT molecular complexity index is 985. The fraction of sp³-hybridized carbons (Fsp3) is 0.519. The first kappa shape index (κ1) is 25.1. The number of nitrogens with zero attached hydrogens (tertiary/aromatic N) is 4. The Morgan fingerprint density at radius 3 is 2.77 bits per heavy atom. The van der Waals surface area contributed by atoms with Gasteiger partial charge in [-0.2, -0.15) is 10.1 Å². The van der Waals surface area contributed by atoms with Crippen LogP contribution in [0.4, 0.5) is 11.5 Å². The first-order chi connectivity index (χ1) is 17.2. The number of carbonyl (C=O) groups excluding carboxylic acids is 1. The third-order valence-corrected chi connectivity index (χ3v) is 6.30. The quantitative estimate of drug-likeness (QED) is 0.298. The van der Waals surface area contributed by atoms with E-state index in [9.17, 15) is 4.79 Å². The van der Waals surface area contributed by atoms with Crippen LogP contribution in [0, 0.1) is 6.92 Å². The summed E-state index contributed by atoms with van der Waals surface area (Å²) < 4.78 is 11.5. The van der Waals surface area contributed by atoms with E-state index in [0.717, 1.165) is 37.4 Å². The van der Waals surface area contributed by atoms with E-state index in [-0.39, 0.29) is 0 Å². The third kappa shape index (κ3) is 8.33. The van der Waals surface area contributed by atoms with Gasteiger partial charge in [-0.25, -0.2) is 0 Å². The predicted octanol–water partition coefficient (Wildman–Crippen LogP) is 3.89. The van der Waals surface area contributed by atoms with Crippen molar-refractivity contribution >= 4 is 23.5 Å². The van der Waals surface area contributed by atoms with Crippen molar-refractivity contribution in [3.63, 3.8) is 0 Å². The van der Waals surface area contributed by atoms with Crippen molar-refractivity contribution in [2.45, 2.75) is 39.0 Å². The normalized spacial score (nSPS) is 17.0. The molecule has 8 nitrogen and oxygen atoms in total. The van der Waals surface area contributed by atoms with Gasteiger partial charge in [-0.1, -0.05) is 36.2 Å². The molecule has 0 saturated carbocycles. The van der Waals surface area contributed by atoms with Crippen LogP contribution in [0.1, 0.15) is 43.2 Å². The molecule has 4 rings (SSSR count). The second-order valence-electron chi connectivity index (χ2n) is 9.26. The van der Waals surface area contributed by atoms with Crippen molar-refractivity contribution in [2.24, 2.45) is 5.10 Å². The largest absolute Gasteiger partial charge is 0.478 e. The highest BCUT2D eigenvalue weighted by Crippen LogP contribution is 2.25. The summed E-state index contributed by atoms with van der Waals surface area (Å²) in [5, 5.41) is 4.37. The number of hydrogen-bond acceptors (Lipinski definition) is 8. The number of pyridine rings is 1. The summed E-state index contributed by atoms with van der Waals surface area (Å²) in [7, 11) is 0. The summed E-state index contributed by atoms with van der Waals surface area (Å²) in [6.07, 6.45) is 6.68. The minimum Gasteiger partial charge on any atom is -0.478 e. The van der Waals surface area contributed by atoms with Gasteiger partial charge in [0.25, 0.3) is 0 Å². The molecule has 1 aromatic carbocycles. The van der Waals surface area contributed by atoms with Gasteiger partial charge in [-0.05, 0) is 44.8 Å².